The fourth-order valence-electron chi connectivity index (χ4n) is 3.02. The Morgan fingerprint density at radius 2 is 2.04 bits per heavy atom. The van der Waals surface area contributed by atoms with Gasteiger partial charge in [0.1, 0.15) is 0 Å². The third-order valence-electron chi connectivity index (χ3n) is 4.31. The lowest BCUT2D eigenvalue weighted by molar-refractivity contribution is 1.10. The van der Waals surface area contributed by atoms with E-state index in [0.717, 1.165) is 44.4 Å². The largest absolute Gasteiger partial charge is 0.349 e. The Morgan fingerprint density at radius 1 is 1.19 bits per heavy atom. The number of rotatable bonds is 2. The van der Waals surface area contributed by atoms with Gasteiger partial charge in [-0.15, -0.1) is 0 Å². The molecule has 7 heteroatoms. The molecule has 2 N–H and O–H groups in total. The van der Waals surface area contributed by atoms with E-state index in [4.69, 9.17) is 28.8 Å². The molecule has 0 spiro atoms. The molecule has 0 aliphatic carbocycles. The van der Waals surface area contributed by atoms with Crippen LogP contribution in [0.15, 0.2) is 36.7 Å². The van der Waals surface area contributed by atoms with Crippen LogP contribution in [0, 0.1) is 13.8 Å². The number of benzene rings is 1. The van der Waals surface area contributed by atoms with Gasteiger partial charge in [0.2, 0.25) is 5.95 Å². The number of nitrogens with one attached hydrogen (secondary N) is 2. The van der Waals surface area contributed by atoms with E-state index in [1.54, 1.807) is 6.20 Å². The maximum absolute atomic E-state index is 6.14. The van der Waals surface area contributed by atoms with Gasteiger partial charge >= 0.3 is 0 Å². The molecule has 0 saturated heterocycles. The van der Waals surface area contributed by atoms with E-state index in [2.05, 4.69) is 20.6 Å². The Bertz CT molecular complexity index is 1010. The Balaban J connectivity index is 1.81. The van der Waals surface area contributed by atoms with Gasteiger partial charge in [0.15, 0.2) is 0 Å². The highest BCUT2D eigenvalue weighted by molar-refractivity contribution is 7.80. The van der Waals surface area contributed by atoms with Crippen LogP contribution < -0.4 is 10.6 Å². The van der Waals surface area contributed by atoms with Gasteiger partial charge in [-0.05, 0) is 43.7 Å². The topological polar surface area (TPSA) is 62.7 Å². The molecule has 0 saturated carbocycles. The average Bonchev–Trinajstić information content (AvgIpc) is 2.73. The molecule has 0 atom stereocenters. The Morgan fingerprint density at radius 3 is 2.85 bits per heavy atom. The highest BCUT2D eigenvalue weighted by Crippen LogP contribution is 2.35. The zero-order chi connectivity index (χ0) is 18.3. The predicted octanol–water partition coefficient (Wildman–Crippen LogP) is 4.85. The molecule has 2 aromatic heterocycles. The molecule has 1 aliphatic heterocycles. The number of pyridine rings is 1. The summed E-state index contributed by atoms with van der Waals surface area (Å²) in [5.41, 5.74) is 6.55. The van der Waals surface area contributed by atoms with Gasteiger partial charge in [0.25, 0.3) is 0 Å². The first-order valence-corrected chi connectivity index (χ1v) is 8.95. The molecular weight excluding hydrogens is 366 g/mol. The van der Waals surface area contributed by atoms with E-state index < -0.39 is 0 Å². The van der Waals surface area contributed by atoms with E-state index in [9.17, 15) is 0 Å². The van der Waals surface area contributed by atoms with Crippen molar-refractivity contribution >= 4 is 46.1 Å². The van der Waals surface area contributed by atoms with Crippen LogP contribution in [0.5, 0.6) is 0 Å². The van der Waals surface area contributed by atoms with Gasteiger partial charge in [-0.1, -0.05) is 23.8 Å². The maximum Gasteiger partial charge on any atom is 0.227 e. The average molecular weight is 382 g/mol. The van der Waals surface area contributed by atoms with Gasteiger partial charge in [0.05, 0.1) is 22.1 Å². The van der Waals surface area contributed by atoms with Crippen molar-refractivity contribution in [3.8, 4) is 11.3 Å². The van der Waals surface area contributed by atoms with Crippen LogP contribution in [0.3, 0.4) is 0 Å². The monoisotopic (exact) mass is 381 g/mol. The molecular formula is C19H16ClN5S. The van der Waals surface area contributed by atoms with Gasteiger partial charge in [-0.3, -0.25) is 4.98 Å². The van der Waals surface area contributed by atoms with Gasteiger partial charge in [-0.2, -0.15) is 0 Å². The fraction of sp³-hybridized carbons (Fsp3) is 0.158. The summed E-state index contributed by atoms with van der Waals surface area (Å²) < 4.78 is 0. The van der Waals surface area contributed by atoms with Crippen LogP contribution >= 0.6 is 23.8 Å². The first-order chi connectivity index (χ1) is 12.5. The van der Waals surface area contributed by atoms with Crippen LogP contribution in [0.4, 0.5) is 17.3 Å². The van der Waals surface area contributed by atoms with E-state index in [1.165, 1.54) is 0 Å². The summed E-state index contributed by atoms with van der Waals surface area (Å²) in [6.45, 7) is 3.98. The molecule has 3 heterocycles. The fourth-order valence-corrected chi connectivity index (χ4v) is 3.46. The highest BCUT2D eigenvalue weighted by atomic mass is 35.5. The Hall–Kier alpha value is -2.57. The normalized spacial score (nSPS) is 12.7. The first kappa shape index (κ1) is 16.9. The van der Waals surface area contributed by atoms with Crippen molar-refractivity contribution in [3.05, 3.63) is 58.5 Å². The van der Waals surface area contributed by atoms with Crippen molar-refractivity contribution < 1.29 is 0 Å². The lowest BCUT2D eigenvalue weighted by Gasteiger charge is -2.13. The summed E-state index contributed by atoms with van der Waals surface area (Å²) in [6.07, 6.45) is 4.20. The maximum atomic E-state index is 6.14. The van der Waals surface area contributed by atoms with Crippen LogP contribution in [0.2, 0.25) is 5.02 Å². The lowest BCUT2D eigenvalue weighted by atomic mass is 10.1. The Kier molecular flexibility index (Phi) is 4.30. The highest BCUT2D eigenvalue weighted by Gasteiger charge is 2.20. The molecule has 0 amide bonds. The number of nitrogens with zero attached hydrogens (tertiary/aromatic N) is 3. The first-order valence-electron chi connectivity index (χ1n) is 8.16. The molecule has 1 aliphatic rings. The van der Waals surface area contributed by atoms with E-state index >= 15 is 0 Å². The summed E-state index contributed by atoms with van der Waals surface area (Å²) in [6, 6.07) is 7.63. The van der Waals surface area contributed by atoms with Crippen LogP contribution in [-0.2, 0) is 6.42 Å². The van der Waals surface area contributed by atoms with Crippen molar-refractivity contribution in [3.63, 3.8) is 0 Å². The van der Waals surface area contributed by atoms with Gasteiger partial charge in [0, 0.05) is 40.7 Å². The lowest BCUT2D eigenvalue weighted by Crippen LogP contribution is -2.10. The van der Waals surface area contributed by atoms with E-state index in [0.29, 0.717) is 17.4 Å². The minimum absolute atomic E-state index is 0.525. The molecule has 3 aromatic rings. The van der Waals surface area contributed by atoms with Crippen molar-refractivity contribution in [2.75, 3.05) is 10.6 Å². The minimum Gasteiger partial charge on any atom is -0.349 e. The summed E-state index contributed by atoms with van der Waals surface area (Å²) in [5, 5.41) is 7.20. The molecule has 0 unspecified atom stereocenters. The number of hydrogen-bond acceptors (Lipinski definition) is 5. The van der Waals surface area contributed by atoms with Gasteiger partial charge < -0.3 is 10.6 Å². The zero-order valence-corrected chi connectivity index (χ0v) is 15.9. The smallest absolute Gasteiger partial charge is 0.227 e. The number of aryl methyl sites for hydroxylation is 2. The molecule has 0 radical (unpaired) electrons. The second-order valence-corrected chi connectivity index (χ2v) is 7.12. The van der Waals surface area contributed by atoms with Crippen LogP contribution in [0.1, 0.15) is 16.8 Å². The summed E-state index contributed by atoms with van der Waals surface area (Å²) in [5.74, 6) is 0.525. The summed E-state index contributed by atoms with van der Waals surface area (Å²) in [7, 11) is 0. The Labute approximate surface area is 161 Å². The number of aromatic nitrogens is 3. The van der Waals surface area contributed by atoms with Crippen molar-refractivity contribution in [2.45, 2.75) is 20.3 Å². The van der Waals surface area contributed by atoms with Crippen molar-refractivity contribution in [1.82, 2.24) is 15.0 Å². The quantitative estimate of drug-likeness (QED) is 0.619. The molecule has 0 bridgehead atoms. The standard InChI is InChI=1S/C19H16ClN5S/c1-10-5-6-21-11(2)17(10)24-19-22-9-12-7-16(26)23-15-8-13(20)3-4-14(15)18(12)25-19/h3-6,8-9H,7H2,1-2H3,(H,23,26)(H,22,24,25). The van der Waals surface area contributed by atoms with E-state index in [-0.39, 0.29) is 0 Å². The third-order valence-corrected chi connectivity index (χ3v) is 4.79. The van der Waals surface area contributed by atoms with E-state index in [1.807, 2.05) is 44.3 Å². The molecule has 130 valence electrons. The molecule has 5 nitrogen and oxygen atoms in total. The number of anilines is 3. The SMILES string of the molecule is Cc1ccnc(C)c1Nc1ncc2c(n1)-c1ccc(Cl)cc1NC(=S)C2. The molecule has 4 rings (SSSR count). The minimum atomic E-state index is 0.525. The third kappa shape index (κ3) is 3.13. The van der Waals surface area contributed by atoms with Crippen molar-refractivity contribution in [2.24, 2.45) is 0 Å². The van der Waals surface area contributed by atoms with Crippen molar-refractivity contribution in [1.29, 1.82) is 0 Å². The summed E-state index contributed by atoms with van der Waals surface area (Å²) >= 11 is 11.6. The number of fused-ring (bicyclic) bond motifs is 3. The van der Waals surface area contributed by atoms with Gasteiger partial charge in [-0.25, -0.2) is 9.97 Å². The molecule has 26 heavy (non-hydrogen) atoms. The van der Waals surface area contributed by atoms with Crippen LogP contribution in [-0.4, -0.2) is 19.9 Å². The number of hydrogen-bond donors (Lipinski definition) is 2. The second-order valence-electron chi connectivity index (χ2n) is 6.20. The van der Waals surface area contributed by atoms with Crippen LogP contribution in [0.25, 0.3) is 11.3 Å². The number of thiocarbonyl (C=S) groups is 1. The predicted molar refractivity (Wildman–Crippen MR) is 109 cm³/mol. The number of halogens is 1. The second kappa shape index (κ2) is 6.63. The molecule has 0 fully saturated rings. The zero-order valence-electron chi connectivity index (χ0n) is 14.3. The molecule has 1 aromatic carbocycles. The summed E-state index contributed by atoms with van der Waals surface area (Å²) in [4.78, 5) is 14.3.